The SMILES string of the molecule is CN1NCCCC1=S. The molecule has 8 heavy (non-hydrogen) atoms. The summed E-state index contributed by atoms with van der Waals surface area (Å²) in [4.78, 5) is 1.02. The minimum atomic E-state index is 1.02. The number of thiocarbonyl (C=S) groups is 1. The van der Waals surface area contributed by atoms with Gasteiger partial charge < -0.3 is 5.01 Å². The number of nitrogens with zero attached hydrogens (tertiary/aromatic N) is 1. The van der Waals surface area contributed by atoms with Crippen molar-refractivity contribution in [3.05, 3.63) is 0 Å². The van der Waals surface area contributed by atoms with Gasteiger partial charge in [0.25, 0.3) is 0 Å². The second kappa shape index (κ2) is 2.42. The molecule has 1 saturated heterocycles. The van der Waals surface area contributed by atoms with Gasteiger partial charge in [0, 0.05) is 20.0 Å². The molecule has 0 aromatic carbocycles. The Labute approximate surface area is 54.8 Å². The van der Waals surface area contributed by atoms with Crippen molar-refractivity contribution < 1.29 is 0 Å². The maximum Gasteiger partial charge on any atom is 0.0919 e. The summed E-state index contributed by atoms with van der Waals surface area (Å²) < 4.78 is 0. The van der Waals surface area contributed by atoms with E-state index in [1.165, 1.54) is 6.42 Å². The second-order valence-electron chi connectivity index (χ2n) is 1.96. The van der Waals surface area contributed by atoms with Gasteiger partial charge in [0.15, 0.2) is 0 Å². The van der Waals surface area contributed by atoms with Crippen LogP contribution in [0.15, 0.2) is 0 Å². The third kappa shape index (κ3) is 1.17. The number of hydrogen-bond acceptors (Lipinski definition) is 2. The standard InChI is InChI=1S/C5H10N2S/c1-7-5(8)3-2-4-6-7/h6H,2-4H2,1H3. The van der Waals surface area contributed by atoms with Crippen LogP contribution in [0.25, 0.3) is 0 Å². The topological polar surface area (TPSA) is 15.3 Å². The molecular weight excluding hydrogens is 120 g/mol. The van der Waals surface area contributed by atoms with Gasteiger partial charge >= 0.3 is 0 Å². The lowest BCUT2D eigenvalue weighted by molar-refractivity contribution is 0.337. The van der Waals surface area contributed by atoms with Crippen LogP contribution in [0.4, 0.5) is 0 Å². The van der Waals surface area contributed by atoms with E-state index < -0.39 is 0 Å². The average molecular weight is 130 g/mol. The predicted molar refractivity (Wildman–Crippen MR) is 37.6 cm³/mol. The van der Waals surface area contributed by atoms with Crippen molar-refractivity contribution >= 4 is 17.2 Å². The molecule has 0 aliphatic carbocycles. The van der Waals surface area contributed by atoms with Gasteiger partial charge in [0.05, 0.1) is 4.99 Å². The first kappa shape index (κ1) is 5.98. The highest BCUT2D eigenvalue weighted by molar-refractivity contribution is 7.80. The Bertz CT molecular complexity index is 103. The maximum atomic E-state index is 4.99. The lowest BCUT2D eigenvalue weighted by Gasteiger charge is -2.25. The quantitative estimate of drug-likeness (QED) is 0.482. The van der Waals surface area contributed by atoms with E-state index in [9.17, 15) is 0 Å². The van der Waals surface area contributed by atoms with Crippen molar-refractivity contribution in [1.29, 1.82) is 0 Å². The molecule has 0 atom stereocenters. The highest BCUT2D eigenvalue weighted by atomic mass is 32.1. The number of hydrogen-bond donors (Lipinski definition) is 1. The van der Waals surface area contributed by atoms with Gasteiger partial charge in [-0.15, -0.1) is 0 Å². The first-order valence-electron chi connectivity index (χ1n) is 2.81. The van der Waals surface area contributed by atoms with Crippen LogP contribution in [0.1, 0.15) is 12.8 Å². The Morgan fingerprint density at radius 3 is 2.88 bits per heavy atom. The van der Waals surface area contributed by atoms with Crippen molar-refractivity contribution in [1.82, 2.24) is 10.4 Å². The first-order chi connectivity index (χ1) is 3.80. The monoisotopic (exact) mass is 130 g/mol. The van der Waals surface area contributed by atoms with Crippen molar-refractivity contribution in [3.8, 4) is 0 Å². The molecule has 0 amide bonds. The molecule has 1 N–H and O–H groups in total. The third-order valence-electron chi connectivity index (χ3n) is 1.29. The van der Waals surface area contributed by atoms with Crippen LogP contribution in [0, 0.1) is 0 Å². The van der Waals surface area contributed by atoms with E-state index in [0.717, 1.165) is 18.0 Å². The summed E-state index contributed by atoms with van der Waals surface area (Å²) in [7, 11) is 1.96. The Kier molecular flexibility index (Phi) is 1.81. The minimum Gasteiger partial charge on any atom is -0.305 e. The Balaban J connectivity index is 2.39. The molecule has 0 saturated carbocycles. The molecule has 0 bridgehead atoms. The fourth-order valence-corrected chi connectivity index (χ4v) is 0.951. The van der Waals surface area contributed by atoms with E-state index in [0.29, 0.717) is 0 Å². The van der Waals surface area contributed by atoms with Gasteiger partial charge in [-0.25, -0.2) is 5.43 Å². The zero-order chi connectivity index (χ0) is 5.98. The van der Waals surface area contributed by atoms with Crippen LogP contribution in [0.3, 0.4) is 0 Å². The fourth-order valence-electron chi connectivity index (χ4n) is 0.742. The minimum absolute atomic E-state index is 1.02. The van der Waals surface area contributed by atoms with Gasteiger partial charge in [0.1, 0.15) is 0 Å². The van der Waals surface area contributed by atoms with E-state index >= 15 is 0 Å². The van der Waals surface area contributed by atoms with Crippen molar-refractivity contribution in [2.45, 2.75) is 12.8 Å². The van der Waals surface area contributed by atoms with E-state index in [1.54, 1.807) is 0 Å². The van der Waals surface area contributed by atoms with Gasteiger partial charge in [-0.3, -0.25) is 0 Å². The van der Waals surface area contributed by atoms with Crippen LogP contribution >= 0.6 is 12.2 Å². The largest absolute Gasteiger partial charge is 0.305 e. The summed E-state index contributed by atoms with van der Waals surface area (Å²) in [6.07, 6.45) is 2.25. The first-order valence-corrected chi connectivity index (χ1v) is 3.21. The van der Waals surface area contributed by atoms with Crippen molar-refractivity contribution in [2.24, 2.45) is 0 Å². The maximum absolute atomic E-state index is 4.99. The fraction of sp³-hybridized carbons (Fsp3) is 0.800. The molecule has 3 heteroatoms. The average Bonchev–Trinajstić information content (AvgIpc) is 1.77. The van der Waals surface area contributed by atoms with Gasteiger partial charge in [-0.05, 0) is 6.42 Å². The van der Waals surface area contributed by atoms with Gasteiger partial charge in [0.2, 0.25) is 0 Å². The summed E-state index contributed by atoms with van der Waals surface area (Å²) in [6.45, 7) is 1.07. The highest BCUT2D eigenvalue weighted by Gasteiger charge is 2.07. The lowest BCUT2D eigenvalue weighted by atomic mass is 10.3. The number of hydrazine groups is 1. The van der Waals surface area contributed by atoms with E-state index in [4.69, 9.17) is 12.2 Å². The molecule has 1 aliphatic heterocycles. The van der Waals surface area contributed by atoms with Crippen LogP contribution in [0.2, 0.25) is 0 Å². The molecular formula is C5H10N2S. The van der Waals surface area contributed by atoms with Crippen molar-refractivity contribution in [2.75, 3.05) is 13.6 Å². The molecule has 1 rings (SSSR count). The molecule has 0 aromatic rings. The Morgan fingerprint density at radius 1 is 1.75 bits per heavy atom. The molecule has 1 heterocycles. The van der Waals surface area contributed by atoms with Crippen LogP contribution in [-0.2, 0) is 0 Å². The third-order valence-corrected chi connectivity index (χ3v) is 1.77. The second-order valence-corrected chi connectivity index (χ2v) is 2.44. The Morgan fingerprint density at radius 2 is 2.50 bits per heavy atom. The molecule has 0 spiro atoms. The van der Waals surface area contributed by atoms with Crippen LogP contribution < -0.4 is 5.43 Å². The van der Waals surface area contributed by atoms with Crippen LogP contribution in [-0.4, -0.2) is 23.6 Å². The molecule has 1 aliphatic rings. The zero-order valence-electron chi connectivity index (χ0n) is 4.98. The van der Waals surface area contributed by atoms with Crippen LogP contribution in [0.5, 0.6) is 0 Å². The summed E-state index contributed by atoms with van der Waals surface area (Å²) in [5, 5.41) is 1.92. The molecule has 0 aromatic heterocycles. The van der Waals surface area contributed by atoms with Crippen molar-refractivity contribution in [3.63, 3.8) is 0 Å². The summed E-state index contributed by atoms with van der Waals surface area (Å²) in [6, 6.07) is 0. The summed E-state index contributed by atoms with van der Waals surface area (Å²) in [5.74, 6) is 0. The van der Waals surface area contributed by atoms with E-state index in [-0.39, 0.29) is 0 Å². The zero-order valence-corrected chi connectivity index (χ0v) is 5.79. The molecule has 0 radical (unpaired) electrons. The number of rotatable bonds is 0. The van der Waals surface area contributed by atoms with Gasteiger partial charge in [-0.2, -0.15) is 0 Å². The molecule has 46 valence electrons. The predicted octanol–water partition coefficient (Wildman–Crippen LogP) is 0.544. The molecule has 1 fully saturated rings. The normalized spacial score (nSPS) is 21.6. The highest BCUT2D eigenvalue weighted by Crippen LogP contribution is 2.00. The molecule has 2 nitrogen and oxygen atoms in total. The smallest absolute Gasteiger partial charge is 0.0919 e. The summed E-state index contributed by atoms with van der Waals surface area (Å²) >= 11 is 4.99. The lowest BCUT2D eigenvalue weighted by Crippen LogP contribution is -2.43. The summed E-state index contributed by atoms with van der Waals surface area (Å²) in [5.41, 5.74) is 3.12. The number of nitrogens with one attached hydrogen (secondary N) is 1. The molecule has 0 unspecified atom stereocenters. The van der Waals surface area contributed by atoms with E-state index in [1.807, 2.05) is 12.1 Å². The Hall–Kier alpha value is -0.150. The van der Waals surface area contributed by atoms with E-state index in [2.05, 4.69) is 5.43 Å². The van der Waals surface area contributed by atoms with Gasteiger partial charge in [-0.1, -0.05) is 12.2 Å².